The summed E-state index contributed by atoms with van der Waals surface area (Å²) in [5.41, 5.74) is 0. The van der Waals surface area contributed by atoms with Gasteiger partial charge in [-0.3, -0.25) is 0 Å². The van der Waals surface area contributed by atoms with Gasteiger partial charge in [-0.1, -0.05) is 0 Å². The standard InChI is InChI=1S/C6H13N2O/c1-8-3-2-7-6(4-8)5-9/h6,9H,2-5H2,1H3. The summed E-state index contributed by atoms with van der Waals surface area (Å²) in [5.74, 6) is 0. The maximum Gasteiger partial charge on any atom is 0.0613 e. The van der Waals surface area contributed by atoms with Gasteiger partial charge < -0.3 is 10.0 Å². The predicted molar refractivity (Wildman–Crippen MR) is 35.4 cm³/mol. The van der Waals surface area contributed by atoms with E-state index >= 15 is 0 Å². The Kier molecular flexibility index (Phi) is 2.45. The van der Waals surface area contributed by atoms with Crippen LogP contribution in [0.2, 0.25) is 0 Å². The van der Waals surface area contributed by atoms with Gasteiger partial charge in [0.2, 0.25) is 0 Å². The molecule has 0 aliphatic carbocycles. The first-order chi connectivity index (χ1) is 4.33. The van der Waals surface area contributed by atoms with Crippen LogP contribution in [0.4, 0.5) is 0 Å². The van der Waals surface area contributed by atoms with E-state index in [-0.39, 0.29) is 12.6 Å². The van der Waals surface area contributed by atoms with Crippen LogP contribution < -0.4 is 5.32 Å². The maximum absolute atomic E-state index is 8.69. The van der Waals surface area contributed by atoms with E-state index < -0.39 is 0 Å². The van der Waals surface area contributed by atoms with Crippen LogP contribution in [0.25, 0.3) is 0 Å². The van der Waals surface area contributed by atoms with E-state index in [0.29, 0.717) is 0 Å². The van der Waals surface area contributed by atoms with Gasteiger partial charge in [0.1, 0.15) is 0 Å². The zero-order chi connectivity index (χ0) is 6.69. The molecule has 0 bridgehead atoms. The molecule has 0 aromatic rings. The van der Waals surface area contributed by atoms with Crippen molar-refractivity contribution in [3.05, 3.63) is 0 Å². The molecule has 0 aromatic carbocycles. The third kappa shape index (κ3) is 1.93. The summed E-state index contributed by atoms with van der Waals surface area (Å²) < 4.78 is 0. The minimum absolute atomic E-state index is 0.170. The number of aliphatic hydroxyl groups is 1. The van der Waals surface area contributed by atoms with E-state index in [1.807, 2.05) is 0 Å². The minimum atomic E-state index is 0.170. The molecule has 1 radical (unpaired) electrons. The van der Waals surface area contributed by atoms with Crippen molar-refractivity contribution in [2.24, 2.45) is 0 Å². The van der Waals surface area contributed by atoms with E-state index in [1.165, 1.54) is 0 Å². The molecule has 3 heteroatoms. The van der Waals surface area contributed by atoms with Crippen LogP contribution in [-0.4, -0.2) is 49.3 Å². The van der Waals surface area contributed by atoms with Crippen molar-refractivity contribution in [1.82, 2.24) is 10.2 Å². The Morgan fingerprint density at radius 1 is 1.78 bits per heavy atom. The van der Waals surface area contributed by atoms with E-state index in [9.17, 15) is 0 Å². The summed E-state index contributed by atoms with van der Waals surface area (Å²) in [7, 11) is 2.05. The maximum atomic E-state index is 8.69. The van der Waals surface area contributed by atoms with Gasteiger partial charge in [-0.2, -0.15) is 0 Å². The van der Waals surface area contributed by atoms with Crippen molar-refractivity contribution in [1.29, 1.82) is 0 Å². The van der Waals surface area contributed by atoms with E-state index in [1.54, 1.807) is 0 Å². The van der Waals surface area contributed by atoms with E-state index in [2.05, 4.69) is 17.3 Å². The summed E-state index contributed by atoms with van der Waals surface area (Å²) in [6.45, 7) is 3.03. The Morgan fingerprint density at radius 3 is 3.00 bits per heavy atom. The number of hydrogen-bond acceptors (Lipinski definition) is 2. The van der Waals surface area contributed by atoms with Crippen molar-refractivity contribution < 1.29 is 5.11 Å². The molecular weight excluding hydrogens is 116 g/mol. The molecule has 1 aliphatic rings. The molecule has 1 unspecified atom stereocenters. The molecule has 0 amide bonds. The molecule has 0 aromatic heterocycles. The highest BCUT2D eigenvalue weighted by atomic mass is 16.3. The predicted octanol–water partition coefficient (Wildman–Crippen LogP) is -1.10. The first-order valence-electron chi connectivity index (χ1n) is 3.29. The molecule has 1 rings (SSSR count). The highest BCUT2D eigenvalue weighted by Crippen LogP contribution is 1.95. The number of piperazine rings is 1. The molecule has 1 atom stereocenters. The highest BCUT2D eigenvalue weighted by molar-refractivity contribution is 4.74. The highest BCUT2D eigenvalue weighted by Gasteiger charge is 2.15. The van der Waals surface area contributed by atoms with Crippen molar-refractivity contribution in [3.63, 3.8) is 0 Å². The van der Waals surface area contributed by atoms with Gasteiger partial charge in [0.05, 0.1) is 12.6 Å². The van der Waals surface area contributed by atoms with Crippen LogP contribution in [0.3, 0.4) is 0 Å². The molecule has 1 heterocycles. The quantitative estimate of drug-likeness (QED) is 0.488. The van der Waals surface area contributed by atoms with Crippen molar-refractivity contribution >= 4 is 0 Å². The second-order valence-electron chi connectivity index (χ2n) is 2.50. The van der Waals surface area contributed by atoms with Crippen molar-refractivity contribution in [2.45, 2.75) is 6.04 Å². The monoisotopic (exact) mass is 129 g/mol. The molecule has 3 nitrogen and oxygen atoms in total. The van der Waals surface area contributed by atoms with Gasteiger partial charge in [-0.15, -0.1) is 0 Å². The van der Waals surface area contributed by atoms with Gasteiger partial charge in [-0.25, -0.2) is 5.32 Å². The molecule has 1 fully saturated rings. The van der Waals surface area contributed by atoms with Crippen LogP contribution in [0.1, 0.15) is 0 Å². The molecule has 0 spiro atoms. The molecular formula is C6H13N2O. The lowest BCUT2D eigenvalue weighted by atomic mass is 10.2. The lowest BCUT2D eigenvalue weighted by Crippen LogP contribution is -2.46. The SMILES string of the molecule is CN1CC[N]C(CO)C1. The molecule has 1 saturated heterocycles. The van der Waals surface area contributed by atoms with E-state index in [0.717, 1.165) is 19.6 Å². The Hall–Kier alpha value is -0.120. The topological polar surface area (TPSA) is 37.6 Å². The lowest BCUT2D eigenvalue weighted by Gasteiger charge is -2.27. The van der Waals surface area contributed by atoms with Crippen LogP contribution in [0, 0.1) is 0 Å². The second-order valence-corrected chi connectivity index (χ2v) is 2.50. The zero-order valence-electron chi connectivity index (χ0n) is 5.75. The number of nitrogens with zero attached hydrogens (tertiary/aromatic N) is 2. The van der Waals surface area contributed by atoms with Crippen LogP contribution in [0.15, 0.2) is 0 Å². The summed E-state index contributed by atoms with van der Waals surface area (Å²) in [4.78, 5) is 2.19. The van der Waals surface area contributed by atoms with E-state index in [4.69, 9.17) is 5.11 Å². The molecule has 1 N–H and O–H groups in total. The second kappa shape index (κ2) is 3.15. The minimum Gasteiger partial charge on any atom is -0.395 e. The van der Waals surface area contributed by atoms with Gasteiger partial charge in [0, 0.05) is 19.6 Å². The first-order valence-corrected chi connectivity index (χ1v) is 3.29. The molecule has 0 saturated carbocycles. The smallest absolute Gasteiger partial charge is 0.0613 e. The third-order valence-electron chi connectivity index (χ3n) is 1.60. The number of rotatable bonds is 1. The molecule has 1 aliphatic heterocycles. The summed E-state index contributed by atoms with van der Waals surface area (Å²) in [6, 6.07) is 0.170. The fourth-order valence-electron chi connectivity index (χ4n) is 1.04. The van der Waals surface area contributed by atoms with Crippen LogP contribution >= 0.6 is 0 Å². The Morgan fingerprint density at radius 2 is 2.56 bits per heavy atom. The Labute approximate surface area is 55.7 Å². The largest absolute Gasteiger partial charge is 0.395 e. The van der Waals surface area contributed by atoms with Crippen LogP contribution in [-0.2, 0) is 0 Å². The van der Waals surface area contributed by atoms with Gasteiger partial charge in [0.25, 0.3) is 0 Å². The fourth-order valence-corrected chi connectivity index (χ4v) is 1.04. The normalized spacial score (nSPS) is 30.7. The fraction of sp³-hybridized carbons (Fsp3) is 1.00. The number of hydrogen-bond donors (Lipinski definition) is 1. The molecule has 53 valence electrons. The summed E-state index contributed by atoms with van der Waals surface area (Å²) >= 11 is 0. The van der Waals surface area contributed by atoms with Gasteiger partial charge >= 0.3 is 0 Å². The summed E-state index contributed by atoms with van der Waals surface area (Å²) in [5, 5.41) is 12.9. The number of aliphatic hydroxyl groups excluding tert-OH is 1. The third-order valence-corrected chi connectivity index (χ3v) is 1.60. The van der Waals surface area contributed by atoms with Crippen LogP contribution in [0.5, 0.6) is 0 Å². The van der Waals surface area contributed by atoms with Gasteiger partial charge in [-0.05, 0) is 7.05 Å². The average Bonchev–Trinajstić information content (AvgIpc) is 1.88. The summed E-state index contributed by atoms with van der Waals surface area (Å²) in [6.07, 6.45) is 0. The lowest BCUT2D eigenvalue weighted by molar-refractivity contribution is 0.165. The Bertz CT molecular complexity index is 87.1. The van der Waals surface area contributed by atoms with Crippen molar-refractivity contribution in [2.75, 3.05) is 33.3 Å². The first kappa shape index (κ1) is 6.99. The zero-order valence-corrected chi connectivity index (χ0v) is 5.75. The average molecular weight is 129 g/mol. The van der Waals surface area contributed by atoms with Gasteiger partial charge in [0.15, 0.2) is 0 Å². The molecule has 9 heavy (non-hydrogen) atoms. The Balaban J connectivity index is 2.23. The van der Waals surface area contributed by atoms with Crippen molar-refractivity contribution in [3.8, 4) is 0 Å². The number of likely N-dealkylation sites (N-methyl/N-ethyl adjacent to an activating group) is 1.